The highest BCUT2D eigenvalue weighted by Crippen LogP contribution is 2.29. The Bertz CT molecular complexity index is 1260. The van der Waals surface area contributed by atoms with Gasteiger partial charge in [-0.05, 0) is 35.9 Å². The SMILES string of the molecule is O=C(CSC1=N/C(=C/c2ccncc2)C(=O)N1c1ccccc1)Nc1c[n+](N2CCOCC2)no1. The van der Waals surface area contributed by atoms with Crippen LogP contribution in [0.1, 0.15) is 5.56 Å². The van der Waals surface area contributed by atoms with Gasteiger partial charge in [0.15, 0.2) is 5.17 Å². The van der Waals surface area contributed by atoms with Crippen LogP contribution in [0.15, 0.2) is 76.3 Å². The number of amides is 2. The number of anilines is 2. The number of aromatic nitrogens is 3. The summed E-state index contributed by atoms with van der Waals surface area (Å²) in [6.45, 7) is 2.57. The fourth-order valence-corrected chi connectivity index (χ4v) is 4.32. The molecule has 2 aliphatic heterocycles. The molecule has 1 aromatic carbocycles. The van der Waals surface area contributed by atoms with Crippen molar-refractivity contribution < 1.29 is 23.6 Å². The maximum atomic E-state index is 13.2. The molecular weight excluding hydrogens is 470 g/mol. The molecule has 1 fully saturated rings. The van der Waals surface area contributed by atoms with Crippen molar-refractivity contribution in [1.29, 1.82) is 0 Å². The third-order valence-electron chi connectivity index (χ3n) is 5.18. The maximum Gasteiger partial charge on any atom is 0.305 e. The van der Waals surface area contributed by atoms with Crippen LogP contribution in [0.5, 0.6) is 0 Å². The number of nitrogens with zero attached hydrogens (tertiary/aromatic N) is 6. The first-order valence-electron chi connectivity index (χ1n) is 10.9. The number of carbonyl (C=O) groups is 2. The third kappa shape index (κ3) is 5.39. The van der Waals surface area contributed by atoms with Crippen molar-refractivity contribution in [3.63, 3.8) is 0 Å². The van der Waals surface area contributed by atoms with Crippen LogP contribution in [0.2, 0.25) is 0 Å². The van der Waals surface area contributed by atoms with Gasteiger partial charge in [0, 0.05) is 12.4 Å². The molecule has 0 radical (unpaired) electrons. The number of benzene rings is 1. The van der Waals surface area contributed by atoms with Crippen LogP contribution in [-0.4, -0.2) is 59.3 Å². The van der Waals surface area contributed by atoms with Crippen molar-refractivity contribution in [1.82, 2.24) is 10.3 Å². The lowest BCUT2D eigenvalue weighted by molar-refractivity contribution is -0.759. The molecule has 11 nitrogen and oxygen atoms in total. The van der Waals surface area contributed by atoms with E-state index in [9.17, 15) is 9.59 Å². The highest BCUT2D eigenvalue weighted by molar-refractivity contribution is 8.14. The predicted octanol–water partition coefficient (Wildman–Crippen LogP) is 1.44. The molecule has 1 N–H and O–H groups in total. The smallest absolute Gasteiger partial charge is 0.305 e. The van der Waals surface area contributed by atoms with Gasteiger partial charge in [-0.2, -0.15) is 0 Å². The van der Waals surface area contributed by atoms with Crippen LogP contribution in [0.25, 0.3) is 6.08 Å². The second kappa shape index (κ2) is 10.5. The third-order valence-corrected chi connectivity index (χ3v) is 6.12. The van der Waals surface area contributed by atoms with Crippen LogP contribution in [0.4, 0.5) is 11.6 Å². The Labute approximate surface area is 205 Å². The van der Waals surface area contributed by atoms with Gasteiger partial charge in [-0.15, -0.1) is 5.01 Å². The molecule has 3 aromatic rings. The molecule has 4 heterocycles. The van der Waals surface area contributed by atoms with E-state index in [-0.39, 0.29) is 29.1 Å². The highest BCUT2D eigenvalue weighted by atomic mass is 32.2. The molecule has 0 saturated carbocycles. The largest absolute Gasteiger partial charge is 0.377 e. The monoisotopic (exact) mass is 492 g/mol. The number of hydrogen-bond donors (Lipinski definition) is 1. The minimum absolute atomic E-state index is 0.0240. The van der Waals surface area contributed by atoms with E-state index >= 15 is 0 Å². The summed E-state index contributed by atoms with van der Waals surface area (Å²) in [5.74, 6) is -0.326. The molecule has 2 aromatic heterocycles. The molecule has 2 amide bonds. The zero-order valence-electron chi connectivity index (χ0n) is 18.6. The van der Waals surface area contributed by atoms with E-state index in [4.69, 9.17) is 9.26 Å². The molecule has 0 aliphatic carbocycles. The average Bonchev–Trinajstić information content (AvgIpc) is 3.49. The Hall–Kier alpha value is -4.03. The molecular formula is C23H22N7O4S+. The van der Waals surface area contributed by atoms with Gasteiger partial charge < -0.3 is 4.74 Å². The van der Waals surface area contributed by atoms with E-state index in [0.29, 0.717) is 37.2 Å². The van der Waals surface area contributed by atoms with E-state index in [1.807, 2.05) is 35.3 Å². The van der Waals surface area contributed by atoms with Gasteiger partial charge in [-0.3, -0.25) is 29.3 Å². The van der Waals surface area contributed by atoms with Crippen molar-refractivity contribution in [2.45, 2.75) is 0 Å². The van der Waals surface area contributed by atoms with Gasteiger partial charge in [0.1, 0.15) is 5.70 Å². The Balaban J connectivity index is 1.28. The summed E-state index contributed by atoms with van der Waals surface area (Å²) in [7, 11) is 0. The number of aliphatic imine (C=N–C) groups is 1. The lowest BCUT2D eigenvalue weighted by Crippen LogP contribution is -2.62. The fraction of sp³-hybridized carbons (Fsp3) is 0.217. The Morgan fingerprint density at radius 1 is 1.14 bits per heavy atom. The van der Waals surface area contributed by atoms with Crippen LogP contribution in [0, 0.1) is 0 Å². The first-order valence-corrected chi connectivity index (χ1v) is 11.9. The number of pyridine rings is 1. The number of thioether (sulfide) groups is 1. The predicted molar refractivity (Wildman–Crippen MR) is 130 cm³/mol. The standard InChI is InChI=1S/C23H21N7O4S/c31-20(26-21-15-29(27-34-21)28-10-12-33-13-11-28)16-35-23-25-19(14-17-6-8-24-9-7-17)22(32)30(23)18-4-2-1-3-5-18/h1-9,14-15H,10-13,16H2/p+1/b19-14+. The van der Waals surface area contributed by atoms with Gasteiger partial charge in [0.25, 0.3) is 12.1 Å². The minimum Gasteiger partial charge on any atom is -0.377 e. The first kappa shape index (κ1) is 22.7. The quantitative estimate of drug-likeness (QED) is 0.406. The lowest BCUT2D eigenvalue weighted by Gasteiger charge is -2.18. The van der Waals surface area contributed by atoms with Crippen molar-refractivity contribution in [3.05, 3.63) is 72.3 Å². The summed E-state index contributed by atoms with van der Waals surface area (Å²) in [5.41, 5.74) is 1.76. The van der Waals surface area contributed by atoms with Crippen molar-refractivity contribution in [3.8, 4) is 0 Å². The van der Waals surface area contributed by atoms with E-state index in [1.165, 1.54) is 4.90 Å². The topological polar surface area (TPSA) is 117 Å². The minimum atomic E-state index is -0.310. The zero-order chi connectivity index (χ0) is 24.0. The van der Waals surface area contributed by atoms with E-state index in [2.05, 4.69) is 20.6 Å². The van der Waals surface area contributed by atoms with Gasteiger partial charge >= 0.3 is 5.88 Å². The Kier molecular flexibility index (Phi) is 6.82. The molecule has 0 atom stereocenters. The Morgan fingerprint density at radius 2 is 1.91 bits per heavy atom. The number of amidine groups is 1. The summed E-state index contributed by atoms with van der Waals surface area (Å²) in [6, 6.07) is 12.8. The Morgan fingerprint density at radius 3 is 2.69 bits per heavy atom. The zero-order valence-corrected chi connectivity index (χ0v) is 19.4. The molecule has 5 rings (SSSR count). The van der Waals surface area contributed by atoms with Gasteiger partial charge in [-0.25, -0.2) is 4.99 Å². The first-order chi connectivity index (χ1) is 17.2. The second-order valence-electron chi connectivity index (χ2n) is 7.57. The number of para-hydroxylation sites is 1. The van der Waals surface area contributed by atoms with E-state index in [1.54, 1.807) is 41.6 Å². The number of morpholine rings is 1. The second-order valence-corrected chi connectivity index (χ2v) is 8.51. The molecule has 178 valence electrons. The molecule has 0 spiro atoms. The number of ether oxygens (including phenoxy) is 1. The maximum absolute atomic E-state index is 13.2. The van der Waals surface area contributed by atoms with Gasteiger partial charge in [0.05, 0.1) is 42.5 Å². The van der Waals surface area contributed by atoms with E-state index < -0.39 is 0 Å². The van der Waals surface area contributed by atoms with Crippen LogP contribution in [-0.2, 0) is 14.3 Å². The molecule has 2 aliphatic rings. The van der Waals surface area contributed by atoms with E-state index in [0.717, 1.165) is 17.3 Å². The highest BCUT2D eigenvalue weighted by Gasteiger charge is 2.32. The molecule has 35 heavy (non-hydrogen) atoms. The summed E-state index contributed by atoms with van der Waals surface area (Å²) < 4.78 is 10.6. The van der Waals surface area contributed by atoms with Gasteiger partial charge in [-0.1, -0.05) is 30.0 Å². The number of rotatable bonds is 6. The molecule has 1 saturated heterocycles. The molecule has 0 unspecified atom stereocenters. The molecule has 0 bridgehead atoms. The number of carbonyl (C=O) groups excluding carboxylic acids is 2. The summed E-state index contributed by atoms with van der Waals surface area (Å²) in [5, 5.41) is 9.00. The lowest BCUT2D eigenvalue weighted by atomic mass is 10.2. The van der Waals surface area contributed by atoms with Crippen LogP contribution in [0.3, 0.4) is 0 Å². The fourth-order valence-electron chi connectivity index (χ4n) is 3.50. The summed E-state index contributed by atoms with van der Waals surface area (Å²) in [6.07, 6.45) is 6.61. The van der Waals surface area contributed by atoms with Crippen LogP contribution < -0.4 is 20.0 Å². The van der Waals surface area contributed by atoms with Crippen molar-refractivity contribution in [2.75, 3.05) is 47.3 Å². The summed E-state index contributed by atoms with van der Waals surface area (Å²) in [4.78, 5) is 37.4. The normalized spacial score (nSPS) is 17.1. The van der Waals surface area contributed by atoms with Crippen molar-refractivity contribution in [2.24, 2.45) is 4.99 Å². The van der Waals surface area contributed by atoms with Crippen molar-refractivity contribution >= 4 is 46.4 Å². The van der Waals surface area contributed by atoms with Gasteiger partial charge in [0.2, 0.25) is 11.2 Å². The summed E-state index contributed by atoms with van der Waals surface area (Å²) >= 11 is 1.16. The average molecular weight is 493 g/mol. The molecule has 12 heteroatoms. The number of hydrogen-bond acceptors (Lipinski definition) is 9. The van der Waals surface area contributed by atoms with Crippen LogP contribution >= 0.6 is 11.8 Å². The number of nitrogens with one attached hydrogen (secondary N) is 1.